The number of rotatable bonds is 2. The lowest BCUT2D eigenvalue weighted by atomic mass is 10.1. The van der Waals surface area contributed by atoms with Crippen LogP contribution in [0.1, 0.15) is 5.56 Å². The summed E-state index contributed by atoms with van der Waals surface area (Å²) < 4.78 is 2.00. The van der Waals surface area contributed by atoms with Crippen molar-refractivity contribution in [1.82, 2.24) is 19.5 Å². The van der Waals surface area contributed by atoms with Crippen LogP contribution < -0.4 is 0 Å². The van der Waals surface area contributed by atoms with Crippen molar-refractivity contribution >= 4 is 33.9 Å². The molecule has 0 aliphatic carbocycles. The quantitative estimate of drug-likeness (QED) is 0.406. The minimum atomic E-state index is 0.604. The van der Waals surface area contributed by atoms with Gasteiger partial charge in [-0.15, -0.1) is 0 Å². The Kier molecular flexibility index (Phi) is 3.66. The lowest BCUT2D eigenvalue weighted by Gasteiger charge is -2.12. The molecule has 0 radical (unpaired) electrons. The zero-order valence-electron chi connectivity index (χ0n) is 14.6. The number of para-hydroxylation sites is 3. The highest BCUT2D eigenvalue weighted by atomic mass is 35.5. The van der Waals surface area contributed by atoms with E-state index in [0.717, 1.165) is 33.7 Å². The molecule has 3 aromatic carbocycles. The van der Waals surface area contributed by atoms with Crippen LogP contribution in [0.15, 0.2) is 72.8 Å². The first-order chi connectivity index (χ1) is 13.2. The maximum absolute atomic E-state index is 6.54. The van der Waals surface area contributed by atoms with Crippen molar-refractivity contribution in [1.29, 1.82) is 0 Å². The molecular weight excluding hydrogens is 356 g/mol. The monoisotopic (exact) mass is 370 g/mol. The van der Waals surface area contributed by atoms with Gasteiger partial charge in [0.25, 0.3) is 0 Å². The summed E-state index contributed by atoms with van der Waals surface area (Å²) in [7, 11) is 0. The SMILES string of the molecule is Cc1ccccc1-c1nc2nc3ccccc3nc2n1-c1ccccc1Cl. The minimum absolute atomic E-state index is 0.604. The highest BCUT2D eigenvalue weighted by molar-refractivity contribution is 6.32. The third-order valence-corrected chi connectivity index (χ3v) is 4.97. The van der Waals surface area contributed by atoms with E-state index in [-0.39, 0.29) is 0 Å². The van der Waals surface area contributed by atoms with Gasteiger partial charge < -0.3 is 0 Å². The maximum atomic E-state index is 6.54. The van der Waals surface area contributed by atoms with Crippen LogP contribution in [0, 0.1) is 6.92 Å². The van der Waals surface area contributed by atoms with Gasteiger partial charge in [-0.25, -0.2) is 15.0 Å². The van der Waals surface area contributed by atoms with E-state index in [2.05, 4.69) is 19.1 Å². The third kappa shape index (κ3) is 2.57. The minimum Gasteiger partial charge on any atom is -0.274 e. The zero-order valence-corrected chi connectivity index (χ0v) is 15.4. The number of hydrogen-bond donors (Lipinski definition) is 0. The maximum Gasteiger partial charge on any atom is 0.199 e. The molecule has 0 saturated carbocycles. The molecule has 0 bridgehead atoms. The number of benzene rings is 3. The predicted molar refractivity (Wildman–Crippen MR) is 109 cm³/mol. The molecular formula is C22H15ClN4. The van der Waals surface area contributed by atoms with Crippen LogP contribution in [-0.2, 0) is 0 Å². The van der Waals surface area contributed by atoms with Gasteiger partial charge >= 0.3 is 0 Å². The first kappa shape index (κ1) is 16.0. The highest BCUT2D eigenvalue weighted by Crippen LogP contribution is 2.32. The first-order valence-electron chi connectivity index (χ1n) is 8.68. The number of hydrogen-bond acceptors (Lipinski definition) is 3. The molecule has 5 rings (SSSR count). The van der Waals surface area contributed by atoms with E-state index in [1.165, 1.54) is 0 Å². The molecule has 2 heterocycles. The van der Waals surface area contributed by atoms with E-state index in [1.54, 1.807) is 0 Å². The smallest absolute Gasteiger partial charge is 0.199 e. The molecule has 0 saturated heterocycles. The summed E-state index contributed by atoms with van der Waals surface area (Å²) in [6, 6.07) is 23.7. The third-order valence-electron chi connectivity index (χ3n) is 4.65. The number of imidazole rings is 1. The molecule has 0 N–H and O–H groups in total. The van der Waals surface area contributed by atoms with Gasteiger partial charge in [-0.2, -0.15) is 0 Å². The van der Waals surface area contributed by atoms with Gasteiger partial charge in [0.05, 0.1) is 21.7 Å². The molecule has 5 aromatic rings. The van der Waals surface area contributed by atoms with Gasteiger partial charge in [-0.1, -0.05) is 60.1 Å². The molecule has 0 spiro atoms. The molecule has 0 unspecified atom stereocenters. The Balaban J connectivity index is 1.94. The molecule has 130 valence electrons. The Hall–Kier alpha value is -3.24. The summed E-state index contributed by atoms with van der Waals surface area (Å²) in [4.78, 5) is 14.4. The van der Waals surface area contributed by atoms with Crippen LogP contribution in [0.3, 0.4) is 0 Å². The Bertz CT molecular complexity index is 1310. The largest absolute Gasteiger partial charge is 0.274 e. The molecule has 0 fully saturated rings. The number of halogens is 1. The fourth-order valence-corrected chi connectivity index (χ4v) is 3.54. The Labute approximate surface area is 161 Å². The van der Waals surface area contributed by atoms with Gasteiger partial charge in [0, 0.05) is 5.56 Å². The van der Waals surface area contributed by atoms with Crippen LogP contribution in [-0.4, -0.2) is 19.5 Å². The van der Waals surface area contributed by atoms with Gasteiger partial charge in [-0.05, 0) is 36.8 Å². The molecule has 0 aliphatic heterocycles. The van der Waals surface area contributed by atoms with Gasteiger partial charge in [0.15, 0.2) is 11.3 Å². The number of aromatic nitrogens is 4. The molecule has 4 nitrogen and oxygen atoms in total. The lowest BCUT2D eigenvalue weighted by Crippen LogP contribution is -2.01. The van der Waals surface area contributed by atoms with Crippen molar-refractivity contribution < 1.29 is 0 Å². The van der Waals surface area contributed by atoms with Crippen LogP contribution in [0.4, 0.5) is 0 Å². The molecule has 5 heteroatoms. The average molecular weight is 371 g/mol. The molecule has 27 heavy (non-hydrogen) atoms. The summed E-state index contributed by atoms with van der Waals surface area (Å²) in [5.74, 6) is 0.784. The molecule has 0 aliphatic rings. The fourth-order valence-electron chi connectivity index (χ4n) is 3.32. The Morgan fingerprint density at radius 3 is 2.19 bits per heavy atom. The normalized spacial score (nSPS) is 11.3. The van der Waals surface area contributed by atoms with Crippen LogP contribution >= 0.6 is 11.6 Å². The second-order valence-corrected chi connectivity index (χ2v) is 6.80. The average Bonchev–Trinajstić information content (AvgIpc) is 3.05. The topological polar surface area (TPSA) is 43.6 Å². The molecule has 0 atom stereocenters. The van der Waals surface area contributed by atoms with Crippen molar-refractivity contribution in [2.45, 2.75) is 6.92 Å². The molecule has 2 aromatic heterocycles. The highest BCUT2D eigenvalue weighted by Gasteiger charge is 2.19. The van der Waals surface area contributed by atoms with Crippen molar-refractivity contribution in [3.05, 3.63) is 83.4 Å². The van der Waals surface area contributed by atoms with E-state index in [0.29, 0.717) is 16.3 Å². The second kappa shape index (κ2) is 6.18. The molecule has 0 amide bonds. The summed E-state index contributed by atoms with van der Waals surface area (Å²) in [5.41, 5.74) is 5.95. The van der Waals surface area contributed by atoms with Crippen LogP contribution in [0.25, 0.3) is 39.4 Å². The van der Waals surface area contributed by atoms with Crippen molar-refractivity contribution in [3.63, 3.8) is 0 Å². The standard InChI is InChI=1S/C22H15ClN4/c1-14-8-2-3-9-15(14)21-26-20-22(25-18-12-6-5-11-17(18)24-20)27(21)19-13-7-4-10-16(19)23/h2-13H,1H3. The lowest BCUT2D eigenvalue weighted by molar-refractivity contribution is 1.08. The summed E-state index contributed by atoms with van der Waals surface area (Å²) in [6.45, 7) is 2.07. The Morgan fingerprint density at radius 1 is 0.741 bits per heavy atom. The number of fused-ring (bicyclic) bond motifs is 2. The van der Waals surface area contributed by atoms with Crippen molar-refractivity contribution in [3.8, 4) is 17.1 Å². The van der Waals surface area contributed by atoms with Gasteiger partial charge in [-0.3, -0.25) is 4.57 Å². The fraction of sp³-hybridized carbons (Fsp3) is 0.0455. The van der Waals surface area contributed by atoms with E-state index < -0.39 is 0 Å². The Morgan fingerprint density at radius 2 is 1.41 bits per heavy atom. The van der Waals surface area contributed by atoms with Crippen molar-refractivity contribution in [2.75, 3.05) is 0 Å². The van der Waals surface area contributed by atoms with Gasteiger partial charge in [0.2, 0.25) is 0 Å². The first-order valence-corrected chi connectivity index (χ1v) is 9.06. The summed E-state index contributed by atoms with van der Waals surface area (Å²) in [5, 5.41) is 0.640. The number of aryl methyl sites for hydroxylation is 1. The van der Waals surface area contributed by atoms with Crippen LogP contribution in [0.5, 0.6) is 0 Å². The summed E-state index contributed by atoms with van der Waals surface area (Å²) >= 11 is 6.54. The number of nitrogens with zero attached hydrogens (tertiary/aromatic N) is 4. The van der Waals surface area contributed by atoms with E-state index in [9.17, 15) is 0 Å². The van der Waals surface area contributed by atoms with E-state index in [4.69, 9.17) is 26.6 Å². The summed E-state index contributed by atoms with van der Waals surface area (Å²) in [6.07, 6.45) is 0. The van der Waals surface area contributed by atoms with E-state index >= 15 is 0 Å². The van der Waals surface area contributed by atoms with Crippen molar-refractivity contribution in [2.24, 2.45) is 0 Å². The van der Waals surface area contributed by atoms with E-state index in [1.807, 2.05) is 65.2 Å². The zero-order chi connectivity index (χ0) is 18.4. The van der Waals surface area contributed by atoms with Gasteiger partial charge in [0.1, 0.15) is 5.82 Å². The predicted octanol–water partition coefficient (Wildman–Crippen LogP) is 5.60. The second-order valence-electron chi connectivity index (χ2n) is 6.40. The van der Waals surface area contributed by atoms with Crippen LogP contribution in [0.2, 0.25) is 5.02 Å².